The summed E-state index contributed by atoms with van der Waals surface area (Å²) in [4.78, 5) is 34.8. The van der Waals surface area contributed by atoms with Gasteiger partial charge >= 0.3 is 5.97 Å². The Morgan fingerprint density at radius 1 is 1.14 bits per heavy atom. The van der Waals surface area contributed by atoms with E-state index in [-0.39, 0.29) is 29.5 Å². The molecule has 0 aromatic heterocycles. The average Bonchev–Trinajstić information content (AvgIpc) is 2.68. The summed E-state index contributed by atoms with van der Waals surface area (Å²) in [5.41, 5.74) is 0.928. The Morgan fingerprint density at radius 2 is 1.82 bits per heavy atom. The fourth-order valence-electron chi connectivity index (χ4n) is 2.59. The number of amides is 1. The largest absolute Gasteiger partial charge is 0.495 e. The topological polar surface area (TPSA) is 108 Å². The van der Waals surface area contributed by atoms with Crippen molar-refractivity contribution in [1.29, 1.82) is 0 Å². The van der Waals surface area contributed by atoms with Gasteiger partial charge in [0.25, 0.3) is 11.6 Å². The molecule has 0 bridgehead atoms. The van der Waals surface area contributed by atoms with Crippen LogP contribution in [-0.4, -0.2) is 30.0 Å². The van der Waals surface area contributed by atoms with E-state index in [0.717, 1.165) is 5.56 Å². The van der Waals surface area contributed by atoms with Gasteiger partial charge in [-0.2, -0.15) is 0 Å². The summed E-state index contributed by atoms with van der Waals surface area (Å²) in [6, 6.07) is 13.3. The predicted molar refractivity (Wildman–Crippen MR) is 103 cm³/mol. The fraction of sp³-hybridized carbons (Fsp3) is 0.300. The molecule has 2 aromatic carbocycles. The van der Waals surface area contributed by atoms with E-state index >= 15 is 0 Å². The second-order valence-corrected chi connectivity index (χ2v) is 6.28. The van der Waals surface area contributed by atoms with E-state index in [1.807, 2.05) is 37.3 Å². The van der Waals surface area contributed by atoms with Gasteiger partial charge in [0.1, 0.15) is 5.75 Å². The summed E-state index contributed by atoms with van der Waals surface area (Å²) in [6.07, 6.45) is -0.943. The number of nitrogens with zero attached hydrogens (tertiary/aromatic N) is 1. The molecule has 2 rings (SSSR count). The Kier molecular flexibility index (Phi) is 7.08. The summed E-state index contributed by atoms with van der Waals surface area (Å²) < 4.78 is 10.3. The Labute approximate surface area is 162 Å². The maximum atomic E-state index is 12.3. The number of methoxy groups -OCH3 is 1. The van der Waals surface area contributed by atoms with Gasteiger partial charge in [-0.25, -0.2) is 0 Å². The monoisotopic (exact) mass is 386 g/mol. The highest BCUT2D eigenvalue weighted by Crippen LogP contribution is 2.29. The number of nitro groups is 1. The molecule has 0 aliphatic heterocycles. The molecular weight excluding hydrogens is 364 g/mol. The lowest BCUT2D eigenvalue weighted by molar-refractivity contribution is -0.384. The number of esters is 1. The number of carbonyl (C=O) groups is 2. The molecule has 0 spiro atoms. The Balaban J connectivity index is 1.98. The van der Waals surface area contributed by atoms with Crippen LogP contribution >= 0.6 is 0 Å². The summed E-state index contributed by atoms with van der Waals surface area (Å²) in [5.74, 6) is -0.916. The van der Waals surface area contributed by atoms with E-state index in [2.05, 4.69) is 5.32 Å². The molecule has 0 fully saturated rings. The number of rotatable bonds is 8. The smallest absolute Gasteiger partial charge is 0.307 e. The van der Waals surface area contributed by atoms with Gasteiger partial charge < -0.3 is 14.8 Å². The second kappa shape index (κ2) is 9.50. The van der Waals surface area contributed by atoms with Gasteiger partial charge in [-0.15, -0.1) is 0 Å². The van der Waals surface area contributed by atoms with E-state index in [4.69, 9.17) is 9.47 Å². The molecule has 0 aliphatic carbocycles. The number of ether oxygens (including phenoxy) is 2. The van der Waals surface area contributed by atoms with E-state index < -0.39 is 22.9 Å². The van der Waals surface area contributed by atoms with Crippen LogP contribution in [0.1, 0.15) is 31.7 Å². The normalized spacial score (nSPS) is 12.5. The average molecular weight is 386 g/mol. The molecule has 0 radical (unpaired) electrons. The summed E-state index contributed by atoms with van der Waals surface area (Å²) in [6.45, 7) is 3.33. The van der Waals surface area contributed by atoms with Crippen molar-refractivity contribution in [3.63, 3.8) is 0 Å². The molecule has 2 aromatic rings. The Morgan fingerprint density at radius 3 is 2.43 bits per heavy atom. The minimum atomic E-state index is -1.07. The van der Waals surface area contributed by atoms with Crippen molar-refractivity contribution >= 4 is 23.3 Å². The lowest BCUT2D eigenvalue weighted by Crippen LogP contribution is -2.30. The first-order chi connectivity index (χ1) is 13.3. The third-order valence-corrected chi connectivity index (χ3v) is 4.17. The number of nitro benzene ring substituents is 1. The first-order valence-electron chi connectivity index (χ1n) is 8.69. The zero-order valence-electron chi connectivity index (χ0n) is 15.9. The van der Waals surface area contributed by atoms with Crippen LogP contribution in [0.25, 0.3) is 0 Å². The summed E-state index contributed by atoms with van der Waals surface area (Å²) >= 11 is 0. The number of carbonyl (C=O) groups excluding carboxylic acids is 2. The van der Waals surface area contributed by atoms with Crippen LogP contribution in [0.5, 0.6) is 5.75 Å². The number of non-ortho nitro benzene ring substituents is 1. The molecule has 8 nitrogen and oxygen atoms in total. The highest BCUT2D eigenvalue weighted by molar-refractivity contribution is 5.96. The van der Waals surface area contributed by atoms with Crippen molar-refractivity contribution in [3.8, 4) is 5.75 Å². The summed E-state index contributed by atoms with van der Waals surface area (Å²) in [7, 11) is 1.38. The quantitative estimate of drug-likeness (QED) is 0.421. The van der Waals surface area contributed by atoms with Crippen molar-refractivity contribution in [2.24, 2.45) is 0 Å². The SMILES string of the molecule is COc1ccc([N+](=O)[O-])cc1NC(=O)C(C)OC(=O)CC(C)c1ccccc1. The molecule has 1 N–H and O–H groups in total. The zero-order valence-corrected chi connectivity index (χ0v) is 15.9. The molecule has 1 amide bonds. The number of hydrogen-bond acceptors (Lipinski definition) is 6. The minimum absolute atomic E-state index is 0.0548. The van der Waals surface area contributed by atoms with Crippen LogP contribution in [-0.2, 0) is 14.3 Å². The van der Waals surface area contributed by atoms with Gasteiger partial charge in [-0.05, 0) is 24.5 Å². The van der Waals surface area contributed by atoms with Gasteiger partial charge in [-0.1, -0.05) is 37.3 Å². The van der Waals surface area contributed by atoms with Crippen molar-refractivity contribution in [2.45, 2.75) is 32.3 Å². The van der Waals surface area contributed by atoms with Gasteiger partial charge in [0.05, 0.1) is 24.1 Å². The molecule has 2 unspecified atom stereocenters. The molecule has 148 valence electrons. The third kappa shape index (κ3) is 5.54. The highest BCUT2D eigenvalue weighted by Gasteiger charge is 2.22. The highest BCUT2D eigenvalue weighted by atomic mass is 16.6. The van der Waals surface area contributed by atoms with Crippen LogP contribution in [0, 0.1) is 10.1 Å². The lowest BCUT2D eigenvalue weighted by Gasteiger charge is -2.16. The van der Waals surface area contributed by atoms with Crippen LogP contribution in [0.2, 0.25) is 0 Å². The van der Waals surface area contributed by atoms with Gasteiger partial charge in [0.15, 0.2) is 6.10 Å². The number of benzene rings is 2. The summed E-state index contributed by atoms with van der Waals surface area (Å²) in [5, 5.41) is 13.4. The lowest BCUT2D eigenvalue weighted by atomic mass is 9.98. The minimum Gasteiger partial charge on any atom is -0.495 e. The van der Waals surface area contributed by atoms with Crippen molar-refractivity contribution in [3.05, 3.63) is 64.2 Å². The van der Waals surface area contributed by atoms with Crippen molar-refractivity contribution in [1.82, 2.24) is 0 Å². The number of hydrogen-bond donors (Lipinski definition) is 1. The van der Waals surface area contributed by atoms with Gasteiger partial charge in [-0.3, -0.25) is 19.7 Å². The Hall–Kier alpha value is -3.42. The van der Waals surface area contributed by atoms with Crippen molar-refractivity contribution < 1.29 is 24.0 Å². The van der Waals surface area contributed by atoms with Gasteiger partial charge in [0, 0.05) is 12.1 Å². The van der Waals surface area contributed by atoms with E-state index in [0.29, 0.717) is 0 Å². The number of anilines is 1. The standard InChI is InChI=1S/C20H22N2O6/c1-13(15-7-5-4-6-8-15)11-19(23)28-14(2)20(24)21-17-12-16(22(25)26)9-10-18(17)27-3/h4-10,12-14H,11H2,1-3H3,(H,21,24). The van der Waals surface area contributed by atoms with Crippen LogP contribution in [0.3, 0.4) is 0 Å². The third-order valence-electron chi connectivity index (χ3n) is 4.17. The maximum absolute atomic E-state index is 12.3. The molecule has 8 heteroatoms. The maximum Gasteiger partial charge on any atom is 0.307 e. The molecule has 2 atom stereocenters. The van der Waals surface area contributed by atoms with Crippen LogP contribution in [0.4, 0.5) is 11.4 Å². The van der Waals surface area contributed by atoms with Gasteiger partial charge in [0.2, 0.25) is 0 Å². The number of nitrogens with one attached hydrogen (secondary N) is 1. The van der Waals surface area contributed by atoms with E-state index in [1.54, 1.807) is 0 Å². The fourth-order valence-corrected chi connectivity index (χ4v) is 2.59. The van der Waals surface area contributed by atoms with Crippen LogP contribution in [0.15, 0.2) is 48.5 Å². The first kappa shape index (κ1) is 20.9. The molecule has 0 heterocycles. The molecular formula is C20H22N2O6. The van der Waals surface area contributed by atoms with Crippen molar-refractivity contribution in [2.75, 3.05) is 12.4 Å². The molecule has 28 heavy (non-hydrogen) atoms. The van der Waals surface area contributed by atoms with E-state index in [9.17, 15) is 19.7 Å². The first-order valence-corrected chi connectivity index (χ1v) is 8.69. The molecule has 0 aliphatic rings. The van der Waals surface area contributed by atoms with E-state index in [1.165, 1.54) is 32.2 Å². The molecule has 0 saturated heterocycles. The second-order valence-electron chi connectivity index (χ2n) is 6.28. The molecule has 0 saturated carbocycles. The van der Waals surface area contributed by atoms with Crippen LogP contribution < -0.4 is 10.1 Å². The Bertz CT molecular complexity index is 853. The predicted octanol–water partition coefficient (Wildman–Crippen LogP) is 3.67. The zero-order chi connectivity index (χ0) is 20.7.